The van der Waals surface area contributed by atoms with Gasteiger partial charge in [0.2, 0.25) is 0 Å². The van der Waals surface area contributed by atoms with E-state index >= 15 is 0 Å². The quantitative estimate of drug-likeness (QED) is 0.413. The molecule has 0 aromatic carbocycles. The van der Waals surface area contributed by atoms with Gasteiger partial charge in [0.25, 0.3) is 0 Å². The average Bonchev–Trinajstić information content (AvgIpc) is 2.16. The van der Waals surface area contributed by atoms with E-state index in [0.29, 0.717) is 13.2 Å². The van der Waals surface area contributed by atoms with Crippen LogP contribution in [0.25, 0.3) is 0 Å². The molecule has 0 aromatic heterocycles. The highest BCUT2D eigenvalue weighted by Gasteiger charge is 1.60. The van der Waals surface area contributed by atoms with E-state index in [1.165, 1.54) is 6.92 Å². The van der Waals surface area contributed by atoms with Crippen molar-refractivity contribution in [3.63, 3.8) is 0 Å². The average molecular weight is 192 g/mol. The molecule has 0 aliphatic heterocycles. The Balaban J connectivity index is -0.000000125. The topological polar surface area (TPSA) is 73.9 Å². The molecule has 13 heavy (non-hydrogen) atoms. The van der Waals surface area contributed by atoms with Crippen LogP contribution in [0.2, 0.25) is 0 Å². The van der Waals surface area contributed by atoms with Crippen LogP contribution < -0.4 is 5.90 Å². The fourth-order valence-corrected chi connectivity index (χ4v) is 0.149. The van der Waals surface area contributed by atoms with Crippen molar-refractivity contribution in [2.24, 2.45) is 11.1 Å². The number of nitrogens with zero attached hydrogens (tertiary/aromatic N) is 1. The molecular weight excluding hydrogens is 172 g/mol. The molecule has 0 rings (SSSR count). The SMILES string of the molecule is C/C=N/OCC.CC=O.CCON. The summed E-state index contributed by atoms with van der Waals surface area (Å²) in [5.74, 6) is 4.53. The van der Waals surface area contributed by atoms with Crippen LogP contribution in [-0.2, 0) is 14.5 Å². The molecule has 0 amide bonds. The third-order valence-corrected chi connectivity index (χ3v) is 0.476. The van der Waals surface area contributed by atoms with Crippen molar-refractivity contribution in [1.82, 2.24) is 0 Å². The van der Waals surface area contributed by atoms with Crippen LogP contribution in [0.4, 0.5) is 0 Å². The normalized spacial score (nSPS) is 7.77. The fraction of sp³-hybridized carbons (Fsp3) is 0.750. The van der Waals surface area contributed by atoms with Crippen LogP contribution in [-0.4, -0.2) is 25.7 Å². The van der Waals surface area contributed by atoms with Gasteiger partial charge in [-0.3, -0.25) is 0 Å². The molecule has 5 nitrogen and oxygen atoms in total. The number of aldehydes is 1. The molecule has 0 aliphatic rings. The third-order valence-electron chi connectivity index (χ3n) is 0.476. The summed E-state index contributed by atoms with van der Waals surface area (Å²) in [6, 6.07) is 0. The van der Waals surface area contributed by atoms with E-state index in [1.807, 2.05) is 20.8 Å². The number of nitrogens with two attached hydrogens (primary N) is 1. The zero-order valence-corrected chi connectivity index (χ0v) is 8.82. The maximum Gasteiger partial charge on any atom is 0.116 e. The zero-order valence-electron chi connectivity index (χ0n) is 8.82. The Morgan fingerprint density at radius 3 is 1.77 bits per heavy atom. The molecule has 80 valence electrons. The first-order chi connectivity index (χ1) is 6.24. The lowest BCUT2D eigenvalue weighted by Crippen LogP contribution is -1.94. The second-order valence-electron chi connectivity index (χ2n) is 1.47. The van der Waals surface area contributed by atoms with Gasteiger partial charge in [-0.05, 0) is 27.7 Å². The highest BCUT2D eigenvalue weighted by Crippen LogP contribution is 1.67. The lowest BCUT2D eigenvalue weighted by molar-refractivity contribution is -0.106. The van der Waals surface area contributed by atoms with E-state index < -0.39 is 0 Å². The molecule has 0 aliphatic carbocycles. The molecule has 0 heterocycles. The largest absolute Gasteiger partial charge is 0.396 e. The molecule has 0 fully saturated rings. The first kappa shape index (κ1) is 18.0. The number of rotatable bonds is 3. The molecule has 0 aromatic rings. The fourth-order valence-electron chi connectivity index (χ4n) is 0.149. The zero-order chi connectivity index (χ0) is 10.9. The number of carbonyl (C=O) groups is 1. The van der Waals surface area contributed by atoms with Crippen LogP contribution in [0.1, 0.15) is 27.7 Å². The second-order valence-corrected chi connectivity index (χ2v) is 1.47. The first-order valence-electron chi connectivity index (χ1n) is 4.06. The summed E-state index contributed by atoms with van der Waals surface area (Å²) in [4.78, 5) is 17.4. The van der Waals surface area contributed by atoms with Gasteiger partial charge in [0.1, 0.15) is 12.9 Å². The van der Waals surface area contributed by atoms with Crippen LogP contribution in [0.15, 0.2) is 5.16 Å². The number of carbonyl (C=O) groups excluding carboxylic acids is 1. The molecule has 5 heteroatoms. The van der Waals surface area contributed by atoms with Crippen molar-refractivity contribution in [2.75, 3.05) is 13.2 Å². The molecule has 0 atom stereocenters. The molecule has 0 saturated carbocycles. The standard InChI is InChI=1S/C4H9NO.C2H7NO.C2H4O/c1-3-5-6-4-2;1-2-4-3;1-2-3/h3H,4H2,1-2H3;2-3H2,1H3;2H,1H3/b5-3+;;. The predicted molar refractivity (Wildman–Crippen MR) is 53.3 cm³/mol. The van der Waals surface area contributed by atoms with Crippen molar-refractivity contribution < 1.29 is 14.5 Å². The summed E-state index contributed by atoms with van der Waals surface area (Å²) in [7, 11) is 0. The van der Waals surface area contributed by atoms with Crippen molar-refractivity contribution in [1.29, 1.82) is 0 Å². The monoisotopic (exact) mass is 192 g/mol. The van der Waals surface area contributed by atoms with Gasteiger partial charge in [-0.2, -0.15) is 0 Å². The highest BCUT2D eigenvalue weighted by atomic mass is 16.6. The van der Waals surface area contributed by atoms with Gasteiger partial charge in [0, 0.05) is 6.21 Å². The maximum atomic E-state index is 8.81. The minimum absolute atomic E-state index is 0.597. The third kappa shape index (κ3) is 97.0. The number of oxime groups is 1. The van der Waals surface area contributed by atoms with Crippen molar-refractivity contribution >= 4 is 12.5 Å². The molecule has 0 radical (unpaired) electrons. The molecule has 0 bridgehead atoms. The second kappa shape index (κ2) is 30.5. The van der Waals surface area contributed by atoms with Crippen LogP contribution in [0.3, 0.4) is 0 Å². The Morgan fingerprint density at radius 2 is 1.69 bits per heavy atom. The lowest BCUT2D eigenvalue weighted by Gasteiger charge is -1.84. The Morgan fingerprint density at radius 1 is 1.31 bits per heavy atom. The summed E-state index contributed by atoms with van der Waals surface area (Å²) in [6.45, 7) is 8.24. The van der Waals surface area contributed by atoms with Crippen LogP contribution in [0, 0.1) is 0 Å². The summed E-state index contributed by atoms with van der Waals surface area (Å²) >= 11 is 0. The van der Waals surface area contributed by atoms with Gasteiger partial charge in [0.05, 0.1) is 6.61 Å². The van der Waals surface area contributed by atoms with Gasteiger partial charge in [-0.1, -0.05) is 5.16 Å². The van der Waals surface area contributed by atoms with E-state index in [2.05, 4.69) is 20.7 Å². The van der Waals surface area contributed by atoms with Gasteiger partial charge >= 0.3 is 0 Å². The maximum absolute atomic E-state index is 8.81. The van der Waals surface area contributed by atoms with E-state index in [0.717, 1.165) is 6.29 Å². The first-order valence-corrected chi connectivity index (χ1v) is 4.06. The van der Waals surface area contributed by atoms with Gasteiger partial charge in [-0.25, -0.2) is 5.90 Å². The van der Waals surface area contributed by atoms with Crippen LogP contribution >= 0.6 is 0 Å². The van der Waals surface area contributed by atoms with E-state index in [-0.39, 0.29) is 0 Å². The Bertz CT molecular complexity index is 95.4. The minimum Gasteiger partial charge on any atom is -0.396 e. The van der Waals surface area contributed by atoms with Crippen molar-refractivity contribution in [2.45, 2.75) is 27.7 Å². The summed E-state index contributed by atoms with van der Waals surface area (Å²) in [6.07, 6.45) is 2.36. The summed E-state index contributed by atoms with van der Waals surface area (Å²) < 4.78 is 0. The predicted octanol–water partition coefficient (Wildman–Crippen LogP) is 1.13. The summed E-state index contributed by atoms with van der Waals surface area (Å²) in [5.41, 5.74) is 0. The van der Waals surface area contributed by atoms with Gasteiger partial charge < -0.3 is 14.5 Å². The Labute approximate surface area is 79.8 Å². The van der Waals surface area contributed by atoms with E-state index in [1.54, 1.807) is 6.21 Å². The molecular formula is C8H20N2O3. The Hall–Kier alpha value is -0.940. The van der Waals surface area contributed by atoms with Crippen molar-refractivity contribution in [3.8, 4) is 0 Å². The number of hydrogen-bond donors (Lipinski definition) is 1. The van der Waals surface area contributed by atoms with Gasteiger partial charge in [0.15, 0.2) is 0 Å². The molecule has 0 saturated heterocycles. The molecule has 2 N–H and O–H groups in total. The lowest BCUT2D eigenvalue weighted by atomic mass is 10.9. The highest BCUT2D eigenvalue weighted by molar-refractivity contribution is 5.52. The molecule has 0 spiro atoms. The Kier molecular flexibility index (Phi) is 42.1. The van der Waals surface area contributed by atoms with Crippen molar-refractivity contribution in [3.05, 3.63) is 0 Å². The minimum atomic E-state index is 0.597. The molecule has 0 unspecified atom stereocenters. The van der Waals surface area contributed by atoms with E-state index in [9.17, 15) is 0 Å². The smallest absolute Gasteiger partial charge is 0.116 e. The number of hydrogen-bond acceptors (Lipinski definition) is 5. The van der Waals surface area contributed by atoms with Gasteiger partial charge in [-0.15, -0.1) is 0 Å². The van der Waals surface area contributed by atoms with Crippen LogP contribution in [0.5, 0.6) is 0 Å². The summed E-state index contributed by atoms with van der Waals surface area (Å²) in [5, 5.41) is 3.47. The van der Waals surface area contributed by atoms with E-state index in [4.69, 9.17) is 4.79 Å².